The highest BCUT2D eigenvalue weighted by Gasteiger charge is 2.65. The fourth-order valence-electron chi connectivity index (χ4n) is 5.91. The van der Waals surface area contributed by atoms with Crippen molar-refractivity contribution in [3.63, 3.8) is 0 Å². The van der Waals surface area contributed by atoms with Crippen molar-refractivity contribution in [2.45, 2.75) is 37.8 Å². The zero-order valence-electron chi connectivity index (χ0n) is 18.6. The van der Waals surface area contributed by atoms with Crippen LogP contribution in [0.3, 0.4) is 0 Å². The first-order chi connectivity index (χ1) is 15.4. The maximum Gasteiger partial charge on any atom is 0.262 e. The number of piperidine rings is 1. The molecule has 1 fully saturated rings. The Morgan fingerprint density at radius 3 is 2.59 bits per heavy atom. The number of amides is 1. The molecule has 0 radical (unpaired) electrons. The zero-order valence-corrected chi connectivity index (χ0v) is 18.6. The molecule has 2 N–H and O–H groups in total. The number of ether oxygens (including phenoxy) is 2. The summed E-state index contributed by atoms with van der Waals surface area (Å²) >= 11 is 0. The maximum absolute atomic E-state index is 13.8. The SMILES string of the molecule is CCC1(C2(O)C(=O)Nc3ccccc32)CN2CCc3cc(OC)c(OC)cc3C2CC1=O. The Kier molecular flexibility index (Phi) is 4.80. The van der Waals surface area contributed by atoms with Crippen molar-refractivity contribution in [2.24, 2.45) is 5.41 Å². The molecule has 1 amide bonds. The molecule has 3 aliphatic rings. The predicted octanol–water partition coefficient (Wildman–Crippen LogP) is 2.81. The number of benzene rings is 2. The number of hydrogen-bond donors (Lipinski definition) is 2. The molecule has 3 aliphatic heterocycles. The van der Waals surface area contributed by atoms with Gasteiger partial charge in [0.15, 0.2) is 17.1 Å². The average molecular weight is 437 g/mol. The minimum Gasteiger partial charge on any atom is -0.493 e. The lowest BCUT2D eigenvalue weighted by Gasteiger charge is -2.52. The van der Waals surface area contributed by atoms with Crippen molar-refractivity contribution in [1.29, 1.82) is 0 Å². The Balaban J connectivity index is 1.57. The molecule has 2 aromatic carbocycles. The molecule has 0 bridgehead atoms. The van der Waals surface area contributed by atoms with E-state index in [0.29, 0.717) is 35.7 Å². The smallest absolute Gasteiger partial charge is 0.262 e. The van der Waals surface area contributed by atoms with Gasteiger partial charge in [0.05, 0.1) is 19.6 Å². The summed E-state index contributed by atoms with van der Waals surface area (Å²) in [6, 6.07) is 10.9. The highest BCUT2D eigenvalue weighted by Crippen LogP contribution is 2.55. The molecule has 3 heterocycles. The van der Waals surface area contributed by atoms with E-state index < -0.39 is 16.9 Å². The number of rotatable bonds is 4. The maximum atomic E-state index is 13.8. The van der Waals surface area contributed by atoms with Crippen molar-refractivity contribution in [2.75, 3.05) is 32.6 Å². The molecule has 0 aliphatic carbocycles. The molecule has 0 aromatic heterocycles. The lowest BCUT2D eigenvalue weighted by molar-refractivity contribution is -0.174. The molecule has 2 aromatic rings. The van der Waals surface area contributed by atoms with E-state index in [2.05, 4.69) is 10.2 Å². The summed E-state index contributed by atoms with van der Waals surface area (Å²) in [6.45, 7) is 2.94. The molecule has 3 unspecified atom stereocenters. The summed E-state index contributed by atoms with van der Waals surface area (Å²) in [4.78, 5) is 29.2. The van der Waals surface area contributed by atoms with Crippen molar-refractivity contribution >= 4 is 17.4 Å². The van der Waals surface area contributed by atoms with Gasteiger partial charge in [-0.05, 0) is 42.2 Å². The summed E-state index contributed by atoms with van der Waals surface area (Å²) in [6.07, 6.45) is 1.39. The normalized spacial score (nSPS) is 29.1. The van der Waals surface area contributed by atoms with Crippen LogP contribution in [0.25, 0.3) is 0 Å². The Morgan fingerprint density at radius 1 is 1.16 bits per heavy atom. The van der Waals surface area contributed by atoms with Crippen LogP contribution < -0.4 is 14.8 Å². The number of nitrogens with zero attached hydrogens (tertiary/aromatic N) is 1. The fourth-order valence-corrected chi connectivity index (χ4v) is 5.91. The molecule has 7 nitrogen and oxygen atoms in total. The molecular weight excluding hydrogens is 408 g/mol. The van der Waals surface area contributed by atoms with Gasteiger partial charge >= 0.3 is 0 Å². The predicted molar refractivity (Wildman–Crippen MR) is 119 cm³/mol. The Hall–Kier alpha value is -2.90. The van der Waals surface area contributed by atoms with E-state index in [1.807, 2.05) is 25.1 Å². The molecule has 3 atom stereocenters. The van der Waals surface area contributed by atoms with Crippen LogP contribution in [0.1, 0.15) is 42.5 Å². The third-order valence-corrected chi connectivity index (χ3v) is 7.69. The van der Waals surface area contributed by atoms with Gasteiger partial charge in [0.1, 0.15) is 5.78 Å². The van der Waals surface area contributed by atoms with Crippen LogP contribution in [0.2, 0.25) is 0 Å². The summed E-state index contributed by atoms with van der Waals surface area (Å²) in [5.74, 6) is 0.711. The molecule has 0 saturated carbocycles. The summed E-state index contributed by atoms with van der Waals surface area (Å²) in [5, 5.41) is 14.7. The molecule has 0 spiro atoms. The van der Waals surface area contributed by atoms with Crippen LogP contribution in [0.4, 0.5) is 5.69 Å². The highest BCUT2D eigenvalue weighted by molar-refractivity contribution is 6.09. The van der Waals surface area contributed by atoms with Gasteiger partial charge in [0.2, 0.25) is 0 Å². The molecule has 7 heteroatoms. The number of carbonyl (C=O) groups is 2. The number of fused-ring (bicyclic) bond motifs is 4. The van der Waals surface area contributed by atoms with Crippen molar-refractivity contribution in [3.8, 4) is 11.5 Å². The Morgan fingerprint density at radius 2 is 1.88 bits per heavy atom. The lowest BCUT2D eigenvalue weighted by atomic mass is 9.60. The number of aliphatic hydroxyl groups is 1. The summed E-state index contributed by atoms with van der Waals surface area (Å²) in [7, 11) is 3.22. The molecule has 32 heavy (non-hydrogen) atoms. The van der Waals surface area contributed by atoms with Crippen LogP contribution >= 0.6 is 0 Å². The minimum absolute atomic E-state index is 0.0850. The van der Waals surface area contributed by atoms with Crippen molar-refractivity contribution < 1.29 is 24.2 Å². The van der Waals surface area contributed by atoms with E-state index in [0.717, 1.165) is 24.1 Å². The van der Waals surface area contributed by atoms with Gasteiger partial charge in [0.25, 0.3) is 5.91 Å². The number of nitrogens with one attached hydrogen (secondary N) is 1. The summed E-state index contributed by atoms with van der Waals surface area (Å²) < 4.78 is 11.0. The van der Waals surface area contributed by atoms with Crippen molar-refractivity contribution in [1.82, 2.24) is 4.90 Å². The van der Waals surface area contributed by atoms with Gasteiger partial charge < -0.3 is 19.9 Å². The molecule has 168 valence electrons. The first kappa shape index (κ1) is 21.0. The number of hydrogen-bond acceptors (Lipinski definition) is 6. The van der Waals surface area contributed by atoms with E-state index in [4.69, 9.17) is 9.47 Å². The lowest BCUT2D eigenvalue weighted by Crippen LogP contribution is -2.63. The number of Topliss-reactive ketones (excluding diaryl/α,β-unsaturated/α-hetero) is 1. The van der Waals surface area contributed by atoms with Crippen LogP contribution in [-0.4, -0.2) is 49.0 Å². The van der Waals surface area contributed by atoms with Gasteiger partial charge in [-0.3, -0.25) is 14.5 Å². The number of methoxy groups -OCH3 is 2. The third kappa shape index (κ3) is 2.61. The van der Waals surface area contributed by atoms with E-state index in [1.54, 1.807) is 32.4 Å². The van der Waals surface area contributed by atoms with E-state index in [1.165, 1.54) is 0 Å². The average Bonchev–Trinajstić information content (AvgIpc) is 3.08. The minimum atomic E-state index is -1.89. The zero-order chi connectivity index (χ0) is 22.7. The second-order valence-electron chi connectivity index (χ2n) is 8.92. The monoisotopic (exact) mass is 436 g/mol. The van der Waals surface area contributed by atoms with Crippen LogP contribution in [0.5, 0.6) is 11.5 Å². The second kappa shape index (κ2) is 7.32. The summed E-state index contributed by atoms with van der Waals surface area (Å²) in [5.41, 5.74) is 0.150. The number of para-hydroxylation sites is 1. The van der Waals surface area contributed by atoms with Crippen LogP contribution in [0.15, 0.2) is 36.4 Å². The molecule has 1 saturated heterocycles. The number of ketones is 1. The number of carbonyl (C=O) groups excluding carboxylic acids is 2. The largest absolute Gasteiger partial charge is 0.493 e. The first-order valence-electron chi connectivity index (χ1n) is 11.0. The van der Waals surface area contributed by atoms with Gasteiger partial charge in [0, 0.05) is 36.8 Å². The quantitative estimate of drug-likeness (QED) is 0.766. The standard InChI is InChI=1S/C25H28N2O5/c1-4-24(25(30)17-7-5-6-8-18(17)26-23(25)29)14-27-10-9-15-11-20(31-2)21(32-3)12-16(15)19(27)13-22(24)28/h5-8,11-12,19,30H,4,9-10,13-14H2,1-3H3,(H,26,29). The van der Waals surface area contributed by atoms with Gasteiger partial charge in [-0.15, -0.1) is 0 Å². The van der Waals surface area contributed by atoms with E-state index in [9.17, 15) is 14.7 Å². The Labute approximate surface area is 187 Å². The fraction of sp³-hybridized carbons (Fsp3) is 0.440. The topological polar surface area (TPSA) is 88.1 Å². The van der Waals surface area contributed by atoms with E-state index in [-0.39, 0.29) is 18.2 Å². The van der Waals surface area contributed by atoms with Crippen LogP contribution in [0, 0.1) is 5.41 Å². The van der Waals surface area contributed by atoms with Crippen molar-refractivity contribution in [3.05, 3.63) is 53.1 Å². The van der Waals surface area contributed by atoms with Gasteiger partial charge in [-0.25, -0.2) is 0 Å². The first-order valence-corrected chi connectivity index (χ1v) is 11.0. The third-order valence-electron chi connectivity index (χ3n) is 7.69. The number of anilines is 1. The second-order valence-corrected chi connectivity index (χ2v) is 8.92. The highest BCUT2D eigenvalue weighted by atomic mass is 16.5. The molecular formula is C25H28N2O5. The van der Waals surface area contributed by atoms with E-state index >= 15 is 0 Å². The van der Waals surface area contributed by atoms with Gasteiger partial charge in [-0.2, -0.15) is 0 Å². The van der Waals surface area contributed by atoms with Gasteiger partial charge in [-0.1, -0.05) is 25.1 Å². The molecule has 5 rings (SSSR count). The van der Waals surface area contributed by atoms with Crippen LogP contribution in [-0.2, 0) is 21.6 Å². The Bertz CT molecular complexity index is 1120.